The minimum Gasteiger partial charge on any atom is -0.476 e. The first-order chi connectivity index (χ1) is 7.15. The van der Waals surface area contributed by atoms with Gasteiger partial charge in [-0.2, -0.15) is 5.26 Å². The molecule has 0 aromatic carbocycles. The van der Waals surface area contributed by atoms with Crippen molar-refractivity contribution < 1.29 is 9.90 Å². The number of carboxylic acids is 1. The van der Waals surface area contributed by atoms with Gasteiger partial charge in [0.05, 0.1) is 17.5 Å². The molecule has 1 heterocycles. The molecule has 0 unspecified atom stereocenters. The highest BCUT2D eigenvalue weighted by molar-refractivity contribution is 6.33. The second-order valence-corrected chi connectivity index (χ2v) is 3.08. The maximum Gasteiger partial charge on any atom is 0.356 e. The zero-order valence-corrected chi connectivity index (χ0v) is 8.40. The Balaban J connectivity index is 2.93. The quantitative estimate of drug-likeness (QED) is 0.852. The van der Waals surface area contributed by atoms with Gasteiger partial charge in [0.1, 0.15) is 0 Å². The number of carboxylic acid groups (broad SMARTS) is 1. The van der Waals surface area contributed by atoms with Crippen LogP contribution in [0.5, 0.6) is 0 Å². The SMILES string of the molecule is N#CCC=Cc1cnc(C(=O)O)c(Cl)c1. The largest absolute Gasteiger partial charge is 0.476 e. The molecule has 1 N–H and O–H groups in total. The number of rotatable bonds is 3. The van der Waals surface area contributed by atoms with E-state index < -0.39 is 5.97 Å². The van der Waals surface area contributed by atoms with Crippen LogP contribution in [0.25, 0.3) is 6.08 Å². The van der Waals surface area contributed by atoms with E-state index in [2.05, 4.69) is 4.98 Å². The maximum atomic E-state index is 10.6. The molecule has 0 atom stereocenters. The van der Waals surface area contributed by atoms with Gasteiger partial charge in [0.15, 0.2) is 5.69 Å². The molecule has 0 aliphatic rings. The maximum absolute atomic E-state index is 10.6. The summed E-state index contributed by atoms with van der Waals surface area (Å²) in [4.78, 5) is 14.3. The number of nitrogens with zero attached hydrogens (tertiary/aromatic N) is 2. The van der Waals surface area contributed by atoms with E-state index in [-0.39, 0.29) is 17.1 Å². The zero-order valence-electron chi connectivity index (χ0n) is 7.64. The summed E-state index contributed by atoms with van der Waals surface area (Å²) in [5.41, 5.74) is 0.495. The summed E-state index contributed by atoms with van der Waals surface area (Å²) in [7, 11) is 0. The molecule has 15 heavy (non-hydrogen) atoms. The third-order valence-electron chi connectivity index (χ3n) is 1.58. The van der Waals surface area contributed by atoms with Crippen LogP contribution in [-0.4, -0.2) is 16.1 Å². The molecule has 76 valence electrons. The molecule has 0 bridgehead atoms. The predicted octanol–water partition coefficient (Wildman–Crippen LogP) is 2.36. The number of aromatic carboxylic acids is 1. The smallest absolute Gasteiger partial charge is 0.356 e. The van der Waals surface area contributed by atoms with E-state index in [1.807, 2.05) is 6.07 Å². The molecule has 0 saturated carbocycles. The van der Waals surface area contributed by atoms with E-state index in [1.54, 1.807) is 12.2 Å². The van der Waals surface area contributed by atoms with E-state index in [0.717, 1.165) is 0 Å². The molecular weight excluding hydrogens is 216 g/mol. The lowest BCUT2D eigenvalue weighted by molar-refractivity contribution is 0.0690. The molecule has 4 nitrogen and oxygen atoms in total. The van der Waals surface area contributed by atoms with Crippen LogP contribution in [0.3, 0.4) is 0 Å². The molecule has 0 amide bonds. The Morgan fingerprint density at radius 2 is 2.47 bits per heavy atom. The molecule has 0 spiro atoms. The standard InChI is InChI=1S/C10H7ClN2O2/c11-8-5-7(3-1-2-4-12)6-13-9(8)10(14)15/h1,3,5-6H,2H2,(H,14,15). The van der Waals surface area contributed by atoms with Gasteiger partial charge in [-0.25, -0.2) is 9.78 Å². The van der Waals surface area contributed by atoms with Crippen molar-refractivity contribution in [1.29, 1.82) is 5.26 Å². The first-order valence-corrected chi connectivity index (χ1v) is 4.45. The van der Waals surface area contributed by atoms with Gasteiger partial charge in [0.25, 0.3) is 0 Å². The fourth-order valence-electron chi connectivity index (χ4n) is 0.949. The monoisotopic (exact) mass is 222 g/mol. The number of halogens is 1. The first kappa shape index (κ1) is 11.2. The molecule has 1 aromatic rings. The van der Waals surface area contributed by atoms with Crippen LogP contribution in [-0.2, 0) is 0 Å². The average molecular weight is 223 g/mol. The summed E-state index contributed by atoms with van der Waals surface area (Å²) >= 11 is 5.69. The van der Waals surface area contributed by atoms with Crippen LogP contribution in [0.15, 0.2) is 18.3 Å². The Morgan fingerprint density at radius 3 is 3.00 bits per heavy atom. The van der Waals surface area contributed by atoms with Crippen molar-refractivity contribution in [3.63, 3.8) is 0 Å². The van der Waals surface area contributed by atoms with Crippen LogP contribution < -0.4 is 0 Å². The van der Waals surface area contributed by atoms with Gasteiger partial charge in [-0.15, -0.1) is 0 Å². The van der Waals surface area contributed by atoms with Crippen LogP contribution in [0, 0.1) is 11.3 Å². The molecular formula is C10H7ClN2O2. The van der Waals surface area contributed by atoms with Gasteiger partial charge in [0, 0.05) is 6.20 Å². The third kappa shape index (κ3) is 3.08. The number of pyridine rings is 1. The number of nitriles is 1. The summed E-state index contributed by atoms with van der Waals surface area (Å²) in [5, 5.41) is 17.0. The average Bonchev–Trinajstić information content (AvgIpc) is 2.17. The predicted molar refractivity (Wildman–Crippen MR) is 55.5 cm³/mol. The highest BCUT2D eigenvalue weighted by Crippen LogP contribution is 2.16. The van der Waals surface area contributed by atoms with Crippen molar-refractivity contribution in [3.05, 3.63) is 34.6 Å². The number of hydrogen-bond donors (Lipinski definition) is 1. The highest BCUT2D eigenvalue weighted by atomic mass is 35.5. The molecule has 0 saturated heterocycles. The lowest BCUT2D eigenvalue weighted by Crippen LogP contribution is -2.00. The second kappa shape index (κ2) is 5.13. The van der Waals surface area contributed by atoms with Crippen LogP contribution >= 0.6 is 11.6 Å². The minimum atomic E-state index is -1.16. The normalized spacial score (nSPS) is 10.1. The van der Waals surface area contributed by atoms with Gasteiger partial charge in [0.2, 0.25) is 0 Å². The fourth-order valence-corrected chi connectivity index (χ4v) is 1.20. The molecule has 0 aliphatic heterocycles. The number of allylic oxidation sites excluding steroid dienone is 1. The Bertz CT molecular complexity index is 449. The second-order valence-electron chi connectivity index (χ2n) is 2.67. The Morgan fingerprint density at radius 1 is 1.73 bits per heavy atom. The Hall–Kier alpha value is -1.86. The van der Waals surface area contributed by atoms with E-state index in [1.165, 1.54) is 12.3 Å². The summed E-state index contributed by atoms with van der Waals surface area (Å²) in [6, 6.07) is 3.44. The van der Waals surface area contributed by atoms with Crippen LogP contribution in [0.2, 0.25) is 5.02 Å². The van der Waals surface area contributed by atoms with Gasteiger partial charge >= 0.3 is 5.97 Å². The minimum absolute atomic E-state index is 0.0848. The summed E-state index contributed by atoms with van der Waals surface area (Å²) in [6.07, 6.45) is 4.99. The molecule has 0 aliphatic carbocycles. The van der Waals surface area contributed by atoms with Crippen LogP contribution in [0.1, 0.15) is 22.5 Å². The van der Waals surface area contributed by atoms with Crippen molar-refractivity contribution >= 4 is 23.6 Å². The van der Waals surface area contributed by atoms with E-state index in [0.29, 0.717) is 5.56 Å². The van der Waals surface area contributed by atoms with Crippen molar-refractivity contribution in [2.75, 3.05) is 0 Å². The first-order valence-electron chi connectivity index (χ1n) is 4.07. The molecule has 1 aromatic heterocycles. The van der Waals surface area contributed by atoms with Gasteiger partial charge in [-0.05, 0) is 11.6 Å². The highest BCUT2D eigenvalue weighted by Gasteiger charge is 2.09. The number of aromatic nitrogens is 1. The number of hydrogen-bond acceptors (Lipinski definition) is 3. The van der Waals surface area contributed by atoms with Crippen molar-refractivity contribution in [3.8, 4) is 6.07 Å². The van der Waals surface area contributed by atoms with Gasteiger partial charge in [-0.1, -0.05) is 23.8 Å². The van der Waals surface area contributed by atoms with Crippen molar-refractivity contribution in [2.45, 2.75) is 6.42 Å². The fraction of sp³-hybridized carbons (Fsp3) is 0.100. The van der Waals surface area contributed by atoms with E-state index in [9.17, 15) is 4.79 Å². The van der Waals surface area contributed by atoms with Crippen molar-refractivity contribution in [1.82, 2.24) is 4.98 Å². The topological polar surface area (TPSA) is 74.0 Å². The molecule has 0 fully saturated rings. The number of carbonyl (C=O) groups is 1. The van der Waals surface area contributed by atoms with Crippen molar-refractivity contribution in [2.24, 2.45) is 0 Å². The molecule has 1 rings (SSSR count). The summed E-state index contributed by atoms with van der Waals surface area (Å²) in [5.74, 6) is -1.16. The lowest BCUT2D eigenvalue weighted by Gasteiger charge is -1.98. The molecule has 0 radical (unpaired) electrons. The Kier molecular flexibility index (Phi) is 3.83. The lowest BCUT2D eigenvalue weighted by atomic mass is 10.2. The Labute approximate surface area is 91.4 Å². The summed E-state index contributed by atoms with van der Waals surface area (Å²) < 4.78 is 0. The van der Waals surface area contributed by atoms with Gasteiger partial charge in [-0.3, -0.25) is 0 Å². The third-order valence-corrected chi connectivity index (χ3v) is 1.87. The molecule has 5 heteroatoms. The summed E-state index contributed by atoms with van der Waals surface area (Å²) in [6.45, 7) is 0. The zero-order chi connectivity index (χ0) is 11.3. The van der Waals surface area contributed by atoms with Crippen LogP contribution in [0.4, 0.5) is 0 Å². The van der Waals surface area contributed by atoms with E-state index >= 15 is 0 Å². The van der Waals surface area contributed by atoms with E-state index in [4.69, 9.17) is 22.0 Å². The van der Waals surface area contributed by atoms with Gasteiger partial charge < -0.3 is 5.11 Å².